The van der Waals surface area contributed by atoms with Gasteiger partial charge >= 0.3 is 6.61 Å². The number of benzene rings is 1. The maximum absolute atomic E-state index is 12.4. The van der Waals surface area contributed by atoms with Gasteiger partial charge in [-0.15, -0.1) is 12.4 Å². The van der Waals surface area contributed by atoms with Gasteiger partial charge in [0.15, 0.2) is 11.5 Å². The molecule has 0 unspecified atom stereocenters. The zero-order valence-electron chi connectivity index (χ0n) is 13.3. The van der Waals surface area contributed by atoms with Gasteiger partial charge in [0.25, 0.3) is 0 Å². The number of methoxy groups -OCH3 is 1. The fourth-order valence-electron chi connectivity index (χ4n) is 1.75. The van der Waals surface area contributed by atoms with Crippen LogP contribution in [0.2, 0.25) is 0 Å². The molecule has 3 N–H and O–H groups in total. The Kier molecular flexibility index (Phi) is 9.67. The Balaban J connectivity index is 0.00000529. The van der Waals surface area contributed by atoms with Crippen LogP contribution in [0.15, 0.2) is 18.2 Å². The van der Waals surface area contributed by atoms with E-state index in [0.717, 1.165) is 0 Å². The quantitative estimate of drug-likeness (QED) is 0.707. The molecule has 24 heavy (non-hydrogen) atoms. The van der Waals surface area contributed by atoms with E-state index in [-0.39, 0.29) is 49.4 Å². The highest BCUT2D eigenvalue weighted by atomic mass is 35.5. The number of nitrogens with one attached hydrogen (secondary N) is 1. The molecule has 2 amide bonds. The lowest BCUT2D eigenvalue weighted by Gasteiger charge is -2.18. The lowest BCUT2D eigenvalue weighted by atomic mass is 10.2. The summed E-state index contributed by atoms with van der Waals surface area (Å²) in [6.45, 7) is -3.22. The normalized spacial score (nSPS) is 9.92. The number of carbonyl (C=O) groups is 2. The Morgan fingerprint density at radius 1 is 1.33 bits per heavy atom. The van der Waals surface area contributed by atoms with Crippen LogP contribution >= 0.6 is 12.4 Å². The molecular weight excluding hydrogens is 348 g/mol. The van der Waals surface area contributed by atoms with Crippen molar-refractivity contribution in [2.24, 2.45) is 5.73 Å². The highest BCUT2D eigenvalue weighted by Gasteiger charge is 2.14. The molecular formula is C14H20ClF2N3O4. The molecule has 0 saturated heterocycles. The van der Waals surface area contributed by atoms with Crippen LogP contribution < -0.4 is 20.5 Å². The topological polar surface area (TPSA) is 93.9 Å². The molecule has 10 heteroatoms. The molecule has 0 aliphatic heterocycles. The van der Waals surface area contributed by atoms with E-state index >= 15 is 0 Å². The van der Waals surface area contributed by atoms with Crippen LogP contribution in [-0.4, -0.2) is 50.6 Å². The van der Waals surface area contributed by atoms with Crippen molar-refractivity contribution in [2.75, 3.05) is 27.2 Å². The van der Waals surface area contributed by atoms with E-state index in [4.69, 9.17) is 10.5 Å². The van der Waals surface area contributed by atoms with Crippen LogP contribution in [0.5, 0.6) is 11.5 Å². The van der Waals surface area contributed by atoms with Crippen molar-refractivity contribution in [1.29, 1.82) is 0 Å². The van der Waals surface area contributed by atoms with Gasteiger partial charge in [-0.3, -0.25) is 9.59 Å². The lowest BCUT2D eigenvalue weighted by molar-refractivity contribution is -0.131. The molecule has 0 heterocycles. The Morgan fingerprint density at radius 2 is 2.00 bits per heavy atom. The molecule has 0 spiro atoms. The Bertz CT molecular complexity index is 561. The van der Waals surface area contributed by atoms with Crippen molar-refractivity contribution >= 4 is 24.2 Å². The number of hydrogen-bond donors (Lipinski definition) is 2. The number of carbonyl (C=O) groups excluding carboxylic acids is 2. The number of amides is 2. The first-order valence-electron chi connectivity index (χ1n) is 6.69. The Morgan fingerprint density at radius 3 is 2.54 bits per heavy atom. The van der Waals surface area contributed by atoms with E-state index in [1.54, 1.807) is 6.07 Å². The summed E-state index contributed by atoms with van der Waals surface area (Å²) in [7, 11) is 2.86. The number of ether oxygens (including phenoxy) is 2. The van der Waals surface area contributed by atoms with E-state index in [1.807, 2.05) is 0 Å². The zero-order valence-corrected chi connectivity index (χ0v) is 14.1. The van der Waals surface area contributed by atoms with Crippen LogP contribution in [0.1, 0.15) is 5.56 Å². The SMILES string of the molecule is COc1ccc(CN(C)C(=O)CNC(=O)CN)cc1OC(F)F.Cl. The number of likely N-dealkylation sites (N-methyl/N-ethyl adjacent to an activating group) is 1. The second-order valence-corrected chi connectivity index (χ2v) is 4.59. The predicted octanol–water partition coefficient (Wildman–Crippen LogP) is 0.752. The van der Waals surface area contributed by atoms with E-state index < -0.39 is 12.5 Å². The molecule has 1 aromatic carbocycles. The standard InChI is InChI=1S/C14H19F2N3O4.ClH/c1-19(13(21)7-18-12(20)6-17)8-9-3-4-10(22-2)11(5-9)23-14(15)16;/h3-5,14H,6-8,17H2,1-2H3,(H,18,20);1H. The molecule has 0 atom stereocenters. The Labute approximate surface area is 144 Å². The molecule has 1 aromatic rings. The minimum Gasteiger partial charge on any atom is -0.493 e. The fraction of sp³-hybridized carbons (Fsp3) is 0.429. The first kappa shape index (κ1) is 21.9. The maximum atomic E-state index is 12.4. The molecule has 0 radical (unpaired) electrons. The largest absolute Gasteiger partial charge is 0.493 e. The van der Waals surface area contributed by atoms with Crippen LogP contribution in [0.4, 0.5) is 8.78 Å². The van der Waals surface area contributed by atoms with Gasteiger partial charge in [-0.05, 0) is 17.7 Å². The maximum Gasteiger partial charge on any atom is 0.387 e. The van der Waals surface area contributed by atoms with Crippen molar-refractivity contribution in [3.8, 4) is 11.5 Å². The minimum atomic E-state index is -2.98. The molecule has 0 aromatic heterocycles. The van der Waals surface area contributed by atoms with Gasteiger partial charge < -0.3 is 25.4 Å². The van der Waals surface area contributed by atoms with Crippen molar-refractivity contribution in [2.45, 2.75) is 13.2 Å². The molecule has 7 nitrogen and oxygen atoms in total. The van der Waals surface area contributed by atoms with Gasteiger partial charge in [0.1, 0.15) is 0 Å². The molecule has 0 saturated carbocycles. The summed E-state index contributed by atoms with van der Waals surface area (Å²) in [5.74, 6) is -0.738. The minimum absolute atomic E-state index is 0. The van der Waals surface area contributed by atoms with Gasteiger partial charge in [0.05, 0.1) is 20.2 Å². The predicted molar refractivity (Wildman–Crippen MR) is 85.4 cm³/mol. The van der Waals surface area contributed by atoms with Gasteiger partial charge in [0, 0.05) is 13.6 Å². The third kappa shape index (κ3) is 6.97. The molecule has 1 rings (SSSR count). The second-order valence-electron chi connectivity index (χ2n) is 4.59. The van der Waals surface area contributed by atoms with Crippen LogP contribution in [-0.2, 0) is 16.1 Å². The van der Waals surface area contributed by atoms with Gasteiger partial charge in [-0.25, -0.2) is 0 Å². The van der Waals surface area contributed by atoms with Crippen molar-refractivity contribution in [3.63, 3.8) is 0 Å². The van der Waals surface area contributed by atoms with Gasteiger partial charge in [0.2, 0.25) is 11.8 Å². The molecule has 0 aliphatic rings. The summed E-state index contributed by atoms with van der Waals surface area (Å²) in [6, 6.07) is 4.47. The van der Waals surface area contributed by atoms with E-state index in [1.165, 1.54) is 31.2 Å². The summed E-state index contributed by atoms with van der Waals surface area (Å²) in [5.41, 5.74) is 5.69. The Hall–Kier alpha value is -2.13. The van der Waals surface area contributed by atoms with E-state index in [2.05, 4.69) is 10.1 Å². The smallest absolute Gasteiger partial charge is 0.387 e. The average Bonchev–Trinajstić information content (AvgIpc) is 2.51. The zero-order chi connectivity index (χ0) is 17.4. The second kappa shape index (κ2) is 10.6. The summed E-state index contributed by atoms with van der Waals surface area (Å²) >= 11 is 0. The number of nitrogens with two attached hydrogens (primary N) is 1. The third-order valence-corrected chi connectivity index (χ3v) is 2.91. The van der Waals surface area contributed by atoms with Crippen LogP contribution in [0.3, 0.4) is 0 Å². The highest BCUT2D eigenvalue weighted by molar-refractivity contribution is 5.85. The van der Waals surface area contributed by atoms with E-state index in [9.17, 15) is 18.4 Å². The number of halogens is 3. The average molecular weight is 368 g/mol. The van der Waals surface area contributed by atoms with Crippen molar-refractivity contribution in [3.05, 3.63) is 23.8 Å². The molecule has 0 bridgehead atoms. The highest BCUT2D eigenvalue weighted by Crippen LogP contribution is 2.29. The first-order chi connectivity index (χ1) is 10.9. The first-order valence-corrected chi connectivity index (χ1v) is 6.69. The van der Waals surface area contributed by atoms with Crippen LogP contribution in [0.25, 0.3) is 0 Å². The summed E-state index contributed by atoms with van der Waals surface area (Å²) in [6.07, 6.45) is 0. The van der Waals surface area contributed by atoms with Crippen molar-refractivity contribution in [1.82, 2.24) is 10.2 Å². The van der Waals surface area contributed by atoms with Crippen LogP contribution in [0, 0.1) is 0 Å². The molecule has 0 aliphatic carbocycles. The summed E-state index contributed by atoms with van der Waals surface area (Å²) in [4.78, 5) is 24.2. The molecule has 0 fully saturated rings. The lowest BCUT2D eigenvalue weighted by Crippen LogP contribution is -2.40. The number of rotatable bonds is 8. The van der Waals surface area contributed by atoms with Gasteiger partial charge in [-0.1, -0.05) is 6.07 Å². The van der Waals surface area contributed by atoms with E-state index in [0.29, 0.717) is 5.56 Å². The van der Waals surface area contributed by atoms with Gasteiger partial charge in [-0.2, -0.15) is 8.78 Å². The molecule has 136 valence electrons. The summed E-state index contributed by atoms with van der Waals surface area (Å²) in [5, 5.41) is 2.36. The number of nitrogens with zero attached hydrogens (tertiary/aromatic N) is 1. The summed E-state index contributed by atoms with van der Waals surface area (Å²) < 4.78 is 34.1. The monoisotopic (exact) mass is 367 g/mol. The third-order valence-electron chi connectivity index (χ3n) is 2.91. The fourth-order valence-corrected chi connectivity index (χ4v) is 1.75. The van der Waals surface area contributed by atoms with Crippen molar-refractivity contribution < 1.29 is 27.8 Å². The number of hydrogen-bond acceptors (Lipinski definition) is 5. The number of alkyl halides is 2.